The van der Waals surface area contributed by atoms with Crippen molar-refractivity contribution in [3.05, 3.63) is 39.9 Å². The summed E-state index contributed by atoms with van der Waals surface area (Å²) in [6.07, 6.45) is 1.64. The lowest BCUT2D eigenvalue weighted by Crippen LogP contribution is -2.32. The molecule has 4 N–H and O–H groups in total. The van der Waals surface area contributed by atoms with E-state index in [1.165, 1.54) is 6.07 Å². The van der Waals surface area contributed by atoms with Crippen molar-refractivity contribution in [1.29, 1.82) is 0 Å². The van der Waals surface area contributed by atoms with Crippen molar-refractivity contribution in [1.82, 2.24) is 5.32 Å². The summed E-state index contributed by atoms with van der Waals surface area (Å²) in [5.41, 5.74) is 6.25. The number of hydrogen-bond donors (Lipinski definition) is 3. The Bertz CT molecular complexity index is 515. The summed E-state index contributed by atoms with van der Waals surface area (Å²) in [5.74, 6) is 0.223. The van der Waals surface area contributed by atoms with Crippen LogP contribution in [0.2, 0.25) is 0 Å². The van der Waals surface area contributed by atoms with Gasteiger partial charge in [-0.05, 0) is 24.9 Å². The summed E-state index contributed by atoms with van der Waals surface area (Å²) in [6.45, 7) is 5.17. The van der Waals surface area contributed by atoms with Crippen molar-refractivity contribution in [3.8, 4) is 0 Å². The van der Waals surface area contributed by atoms with E-state index in [-0.39, 0.29) is 16.9 Å². The van der Waals surface area contributed by atoms with Crippen LogP contribution in [0.1, 0.15) is 32.3 Å². The number of benzene rings is 1. The predicted molar refractivity (Wildman–Crippen MR) is 81.2 cm³/mol. The maximum Gasteiger partial charge on any atom is 0.269 e. The molecular formula is C14H22N4O3. The minimum atomic E-state index is -0.400. The van der Waals surface area contributed by atoms with Gasteiger partial charge in [-0.15, -0.1) is 0 Å². The molecular weight excluding hydrogens is 272 g/mol. The molecule has 0 saturated heterocycles. The highest BCUT2D eigenvalue weighted by Crippen LogP contribution is 2.22. The van der Waals surface area contributed by atoms with Gasteiger partial charge >= 0.3 is 0 Å². The number of nitro groups is 1. The van der Waals surface area contributed by atoms with Crippen molar-refractivity contribution in [3.63, 3.8) is 0 Å². The summed E-state index contributed by atoms with van der Waals surface area (Å²) in [4.78, 5) is 10.3. The van der Waals surface area contributed by atoms with Crippen LogP contribution >= 0.6 is 0 Å². The van der Waals surface area contributed by atoms with Crippen LogP contribution in [0.25, 0.3) is 0 Å². The van der Waals surface area contributed by atoms with E-state index >= 15 is 0 Å². The molecule has 21 heavy (non-hydrogen) atoms. The molecule has 1 aromatic rings. The average Bonchev–Trinajstić information content (AvgIpc) is 2.46. The Balaban J connectivity index is 2.35. The predicted octanol–water partition coefficient (Wildman–Crippen LogP) is 2.24. The molecule has 0 radical (unpaired) electrons. The molecule has 1 rings (SSSR count). The second-order valence-corrected chi connectivity index (χ2v) is 5.58. The SMILES string of the molecule is CC(C)(CCCNCc1cccc([N+](=O)[O-])c1)C(N)=NO. The highest BCUT2D eigenvalue weighted by molar-refractivity contribution is 5.85. The lowest BCUT2D eigenvalue weighted by molar-refractivity contribution is -0.384. The van der Waals surface area contributed by atoms with E-state index in [1.807, 2.05) is 19.9 Å². The first-order chi connectivity index (χ1) is 9.86. The number of oxime groups is 1. The second-order valence-electron chi connectivity index (χ2n) is 5.58. The molecule has 0 bridgehead atoms. The standard InChI is InChI=1S/C14H22N4O3/c1-14(2,13(15)17-19)7-4-8-16-10-11-5-3-6-12(9-11)18(20)21/h3,5-6,9,16,19H,4,7-8,10H2,1-2H3,(H2,15,17). The van der Waals surface area contributed by atoms with E-state index in [1.54, 1.807) is 12.1 Å². The third kappa shape index (κ3) is 5.39. The zero-order valence-corrected chi connectivity index (χ0v) is 12.4. The maximum atomic E-state index is 10.7. The van der Waals surface area contributed by atoms with Gasteiger partial charge in [-0.3, -0.25) is 10.1 Å². The first-order valence-electron chi connectivity index (χ1n) is 6.79. The highest BCUT2D eigenvalue weighted by atomic mass is 16.6. The Morgan fingerprint density at radius 3 is 2.86 bits per heavy atom. The number of non-ortho nitro benzene ring substituents is 1. The van der Waals surface area contributed by atoms with E-state index in [2.05, 4.69) is 10.5 Å². The zero-order chi connectivity index (χ0) is 15.9. The zero-order valence-electron chi connectivity index (χ0n) is 12.4. The van der Waals surface area contributed by atoms with Crippen LogP contribution in [-0.2, 0) is 6.54 Å². The third-order valence-corrected chi connectivity index (χ3v) is 3.41. The number of amidine groups is 1. The van der Waals surface area contributed by atoms with Crippen LogP contribution in [-0.4, -0.2) is 22.5 Å². The van der Waals surface area contributed by atoms with Crippen molar-refractivity contribution in [2.45, 2.75) is 33.2 Å². The number of nitro benzene ring substituents is 1. The van der Waals surface area contributed by atoms with Crippen LogP contribution in [0.3, 0.4) is 0 Å². The van der Waals surface area contributed by atoms with Gasteiger partial charge in [0.2, 0.25) is 0 Å². The molecule has 0 aliphatic rings. The molecule has 116 valence electrons. The molecule has 0 fully saturated rings. The van der Waals surface area contributed by atoms with Gasteiger partial charge in [-0.1, -0.05) is 31.1 Å². The van der Waals surface area contributed by atoms with Gasteiger partial charge in [0, 0.05) is 24.1 Å². The van der Waals surface area contributed by atoms with E-state index < -0.39 is 4.92 Å². The van der Waals surface area contributed by atoms with Crippen molar-refractivity contribution < 1.29 is 10.1 Å². The molecule has 1 aromatic carbocycles. The summed E-state index contributed by atoms with van der Waals surface area (Å²) in [6, 6.07) is 6.56. The van der Waals surface area contributed by atoms with Crippen LogP contribution in [0.5, 0.6) is 0 Å². The van der Waals surface area contributed by atoms with Crippen LogP contribution in [0, 0.1) is 15.5 Å². The van der Waals surface area contributed by atoms with Crippen molar-refractivity contribution >= 4 is 11.5 Å². The van der Waals surface area contributed by atoms with Gasteiger partial charge < -0.3 is 16.3 Å². The summed E-state index contributed by atoms with van der Waals surface area (Å²) in [7, 11) is 0. The summed E-state index contributed by atoms with van der Waals surface area (Å²) >= 11 is 0. The minimum Gasteiger partial charge on any atom is -0.409 e. The molecule has 0 heterocycles. The van der Waals surface area contributed by atoms with Gasteiger partial charge in [-0.25, -0.2) is 0 Å². The van der Waals surface area contributed by atoms with Crippen molar-refractivity contribution in [2.75, 3.05) is 6.54 Å². The number of nitrogens with two attached hydrogens (primary N) is 1. The Kier molecular flexibility index (Phi) is 6.10. The fraction of sp³-hybridized carbons (Fsp3) is 0.500. The lowest BCUT2D eigenvalue weighted by Gasteiger charge is -2.22. The van der Waals surface area contributed by atoms with Crippen LogP contribution in [0.4, 0.5) is 5.69 Å². The average molecular weight is 294 g/mol. The number of nitrogens with one attached hydrogen (secondary N) is 1. The van der Waals surface area contributed by atoms with Crippen LogP contribution in [0.15, 0.2) is 29.4 Å². The van der Waals surface area contributed by atoms with Crippen molar-refractivity contribution in [2.24, 2.45) is 16.3 Å². The smallest absolute Gasteiger partial charge is 0.269 e. The minimum absolute atomic E-state index is 0.0994. The molecule has 0 saturated carbocycles. The first-order valence-corrected chi connectivity index (χ1v) is 6.79. The topological polar surface area (TPSA) is 114 Å². The monoisotopic (exact) mass is 294 g/mol. The quantitative estimate of drug-likeness (QED) is 0.170. The van der Waals surface area contributed by atoms with E-state index in [0.717, 1.165) is 24.9 Å². The number of nitrogens with zero attached hydrogens (tertiary/aromatic N) is 2. The lowest BCUT2D eigenvalue weighted by atomic mass is 9.86. The molecule has 0 spiro atoms. The maximum absolute atomic E-state index is 10.7. The molecule has 0 aliphatic heterocycles. The molecule has 7 heteroatoms. The number of hydrogen-bond acceptors (Lipinski definition) is 5. The second kappa shape index (κ2) is 7.58. The Labute approximate surface area is 124 Å². The Hall–Kier alpha value is -2.15. The molecule has 0 unspecified atom stereocenters. The fourth-order valence-corrected chi connectivity index (χ4v) is 1.93. The van der Waals surface area contributed by atoms with E-state index in [9.17, 15) is 10.1 Å². The molecule has 0 aliphatic carbocycles. The van der Waals surface area contributed by atoms with E-state index in [0.29, 0.717) is 6.54 Å². The van der Waals surface area contributed by atoms with Gasteiger partial charge in [0.25, 0.3) is 5.69 Å². The number of rotatable bonds is 8. The third-order valence-electron chi connectivity index (χ3n) is 3.41. The summed E-state index contributed by atoms with van der Waals surface area (Å²) in [5, 5.41) is 25.6. The molecule has 0 amide bonds. The van der Waals surface area contributed by atoms with Crippen LogP contribution < -0.4 is 11.1 Å². The van der Waals surface area contributed by atoms with Gasteiger partial charge in [-0.2, -0.15) is 0 Å². The van der Waals surface area contributed by atoms with Gasteiger partial charge in [0.1, 0.15) is 5.84 Å². The van der Waals surface area contributed by atoms with Gasteiger partial charge in [0.05, 0.1) is 4.92 Å². The van der Waals surface area contributed by atoms with E-state index in [4.69, 9.17) is 10.9 Å². The molecule has 0 atom stereocenters. The summed E-state index contributed by atoms with van der Waals surface area (Å²) < 4.78 is 0. The first kappa shape index (κ1) is 16.9. The normalized spacial score (nSPS) is 12.4. The molecule has 7 nitrogen and oxygen atoms in total. The largest absolute Gasteiger partial charge is 0.409 e. The Morgan fingerprint density at radius 2 is 2.24 bits per heavy atom. The fourth-order valence-electron chi connectivity index (χ4n) is 1.93. The molecule has 0 aromatic heterocycles. The highest BCUT2D eigenvalue weighted by Gasteiger charge is 2.22. The Morgan fingerprint density at radius 1 is 1.52 bits per heavy atom. The van der Waals surface area contributed by atoms with Gasteiger partial charge in [0.15, 0.2) is 0 Å².